The highest BCUT2D eigenvalue weighted by atomic mass is 32.1. The predicted molar refractivity (Wildman–Crippen MR) is 91.5 cm³/mol. The Bertz CT molecular complexity index is 728. The number of rotatable bonds is 4. The van der Waals surface area contributed by atoms with Crippen molar-refractivity contribution >= 4 is 39.6 Å². The standard InChI is InChI=1S/C16H19NO3S2/c1-6-20-16(19)13-9(3)10(4)22-15(13)17-14(18)12-7-8(2)21-11(12)5/h7H,6H2,1-5H3,(H,17,18). The molecule has 6 heteroatoms. The molecule has 1 amide bonds. The average molecular weight is 337 g/mol. The van der Waals surface area contributed by atoms with Crippen LogP contribution in [0, 0.1) is 27.7 Å². The number of thiophene rings is 2. The van der Waals surface area contributed by atoms with E-state index in [1.807, 2.05) is 33.8 Å². The van der Waals surface area contributed by atoms with E-state index >= 15 is 0 Å². The van der Waals surface area contributed by atoms with Crippen molar-refractivity contribution in [2.75, 3.05) is 11.9 Å². The molecule has 2 rings (SSSR count). The Morgan fingerprint density at radius 1 is 1.14 bits per heavy atom. The number of ether oxygens (including phenoxy) is 1. The molecule has 0 fully saturated rings. The first kappa shape index (κ1) is 16.7. The molecule has 0 unspecified atom stereocenters. The van der Waals surface area contributed by atoms with Crippen molar-refractivity contribution < 1.29 is 14.3 Å². The maximum Gasteiger partial charge on any atom is 0.341 e. The molecule has 4 nitrogen and oxygen atoms in total. The number of hydrogen-bond donors (Lipinski definition) is 1. The molecule has 0 saturated carbocycles. The van der Waals surface area contributed by atoms with Crippen LogP contribution in [0.5, 0.6) is 0 Å². The maximum atomic E-state index is 12.5. The molecule has 0 saturated heterocycles. The van der Waals surface area contributed by atoms with Crippen molar-refractivity contribution in [1.82, 2.24) is 0 Å². The van der Waals surface area contributed by atoms with Crippen molar-refractivity contribution in [1.29, 1.82) is 0 Å². The number of esters is 1. The van der Waals surface area contributed by atoms with Gasteiger partial charge >= 0.3 is 5.97 Å². The van der Waals surface area contributed by atoms with Gasteiger partial charge in [0, 0.05) is 14.6 Å². The molecule has 1 N–H and O–H groups in total. The van der Waals surface area contributed by atoms with Crippen LogP contribution in [0.25, 0.3) is 0 Å². The van der Waals surface area contributed by atoms with Crippen LogP contribution < -0.4 is 5.32 Å². The molecule has 0 aromatic carbocycles. The monoisotopic (exact) mass is 337 g/mol. The first-order chi connectivity index (χ1) is 10.3. The van der Waals surface area contributed by atoms with E-state index in [1.54, 1.807) is 18.3 Å². The summed E-state index contributed by atoms with van der Waals surface area (Å²) < 4.78 is 5.10. The molecule has 0 atom stereocenters. The summed E-state index contributed by atoms with van der Waals surface area (Å²) in [6, 6.07) is 1.87. The molecule has 2 aromatic heterocycles. The van der Waals surface area contributed by atoms with E-state index in [-0.39, 0.29) is 5.91 Å². The van der Waals surface area contributed by atoms with Gasteiger partial charge in [0.1, 0.15) is 5.00 Å². The molecular weight excluding hydrogens is 318 g/mol. The number of amides is 1. The Morgan fingerprint density at radius 3 is 2.36 bits per heavy atom. The average Bonchev–Trinajstić information content (AvgIpc) is 2.90. The van der Waals surface area contributed by atoms with Gasteiger partial charge in [0.05, 0.1) is 17.7 Å². The second-order valence-electron chi connectivity index (χ2n) is 4.99. The fourth-order valence-corrected chi connectivity index (χ4v) is 4.16. The molecule has 0 aliphatic heterocycles. The van der Waals surface area contributed by atoms with E-state index in [0.29, 0.717) is 22.7 Å². The molecular formula is C16H19NO3S2. The van der Waals surface area contributed by atoms with Gasteiger partial charge in [0.15, 0.2) is 0 Å². The number of nitrogens with one attached hydrogen (secondary N) is 1. The summed E-state index contributed by atoms with van der Waals surface area (Å²) >= 11 is 2.99. The lowest BCUT2D eigenvalue weighted by Gasteiger charge is -2.07. The van der Waals surface area contributed by atoms with Crippen LogP contribution in [0.3, 0.4) is 0 Å². The quantitative estimate of drug-likeness (QED) is 0.837. The van der Waals surface area contributed by atoms with Gasteiger partial charge in [-0.1, -0.05) is 0 Å². The lowest BCUT2D eigenvalue weighted by Crippen LogP contribution is -2.15. The van der Waals surface area contributed by atoms with Crippen LogP contribution in [0.2, 0.25) is 0 Å². The van der Waals surface area contributed by atoms with Crippen molar-refractivity contribution in [3.63, 3.8) is 0 Å². The topological polar surface area (TPSA) is 55.4 Å². The van der Waals surface area contributed by atoms with Gasteiger partial charge in [-0.2, -0.15) is 0 Å². The summed E-state index contributed by atoms with van der Waals surface area (Å²) in [4.78, 5) is 27.6. The summed E-state index contributed by atoms with van der Waals surface area (Å²) in [6.45, 7) is 9.76. The smallest absolute Gasteiger partial charge is 0.341 e. The van der Waals surface area contributed by atoms with Crippen LogP contribution in [0.1, 0.15) is 47.8 Å². The van der Waals surface area contributed by atoms with Gasteiger partial charge < -0.3 is 10.1 Å². The molecule has 0 aliphatic carbocycles. The molecule has 0 spiro atoms. The molecule has 2 heterocycles. The fraction of sp³-hybridized carbons (Fsp3) is 0.375. The third-order valence-corrected chi connectivity index (χ3v) is 5.47. The summed E-state index contributed by atoms with van der Waals surface area (Å²) in [5, 5.41) is 3.42. The lowest BCUT2D eigenvalue weighted by atomic mass is 10.1. The zero-order valence-electron chi connectivity index (χ0n) is 13.3. The molecule has 0 aliphatic rings. The predicted octanol–water partition coefficient (Wildman–Crippen LogP) is 4.47. The second-order valence-corrected chi connectivity index (χ2v) is 7.67. The molecule has 118 valence electrons. The molecule has 0 radical (unpaired) electrons. The van der Waals surface area contributed by atoms with Crippen LogP contribution in [-0.4, -0.2) is 18.5 Å². The third-order valence-electron chi connectivity index (χ3n) is 3.38. The van der Waals surface area contributed by atoms with E-state index in [2.05, 4.69) is 5.32 Å². The Balaban J connectivity index is 2.33. The van der Waals surface area contributed by atoms with E-state index in [0.717, 1.165) is 20.2 Å². The minimum absolute atomic E-state index is 0.186. The van der Waals surface area contributed by atoms with Gasteiger partial charge in [-0.3, -0.25) is 4.79 Å². The Kier molecular flexibility index (Phi) is 5.03. The van der Waals surface area contributed by atoms with Crippen molar-refractivity contribution in [2.24, 2.45) is 0 Å². The summed E-state index contributed by atoms with van der Waals surface area (Å²) in [5.74, 6) is -0.577. The van der Waals surface area contributed by atoms with Gasteiger partial charge in [0.2, 0.25) is 0 Å². The highest BCUT2D eigenvalue weighted by Crippen LogP contribution is 2.34. The van der Waals surface area contributed by atoms with Crippen LogP contribution >= 0.6 is 22.7 Å². The van der Waals surface area contributed by atoms with Crippen LogP contribution in [-0.2, 0) is 4.74 Å². The van der Waals surface area contributed by atoms with Gasteiger partial charge in [-0.25, -0.2) is 4.79 Å². The number of aryl methyl sites for hydroxylation is 3. The summed E-state index contributed by atoms with van der Waals surface area (Å²) in [6.07, 6.45) is 0. The highest BCUT2D eigenvalue weighted by Gasteiger charge is 2.23. The Morgan fingerprint density at radius 2 is 1.82 bits per heavy atom. The third kappa shape index (κ3) is 3.23. The van der Waals surface area contributed by atoms with Crippen LogP contribution in [0.15, 0.2) is 6.07 Å². The van der Waals surface area contributed by atoms with Gasteiger partial charge in [0.25, 0.3) is 5.91 Å². The SMILES string of the molecule is CCOC(=O)c1c(NC(=O)c2cc(C)sc2C)sc(C)c1C. The van der Waals surface area contributed by atoms with Crippen molar-refractivity contribution in [2.45, 2.75) is 34.6 Å². The number of carbonyl (C=O) groups is 2. The highest BCUT2D eigenvalue weighted by molar-refractivity contribution is 7.17. The first-order valence-corrected chi connectivity index (χ1v) is 8.63. The summed E-state index contributed by atoms with van der Waals surface area (Å²) in [5.41, 5.74) is 1.97. The Labute approximate surface area is 138 Å². The largest absolute Gasteiger partial charge is 0.462 e. The fourth-order valence-electron chi connectivity index (χ4n) is 2.19. The number of anilines is 1. The zero-order chi connectivity index (χ0) is 16.4. The van der Waals surface area contributed by atoms with E-state index < -0.39 is 5.97 Å². The first-order valence-electron chi connectivity index (χ1n) is 7.00. The second kappa shape index (κ2) is 6.62. The van der Waals surface area contributed by atoms with Crippen molar-refractivity contribution in [3.05, 3.63) is 37.4 Å². The van der Waals surface area contributed by atoms with Crippen LogP contribution in [0.4, 0.5) is 5.00 Å². The number of hydrogen-bond acceptors (Lipinski definition) is 5. The lowest BCUT2D eigenvalue weighted by molar-refractivity contribution is 0.0527. The van der Waals surface area contributed by atoms with E-state index in [9.17, 15) is 9.59 Å². The van der Waals surface area contributed by atoms with E-state index in [1.165, 1.54) is 11.3 Å². The number of carbonyl (C=O) groups excluding carboxylic acids is 2. The maximum absolute atomic E-state index is 12.5. The Hall–Kier alpha value is -1.66. The van der Waals surface area contributed by atoms with Gasteiger partial charge in [-0.05, 0) is 46.2 Å². The zero-order valence-corrected chi connectivity index (χ0v) is 15.0. The molecule has 0 bridgehead atoms. The minimum Gasteiger partial charge on any atom is -0.462 e. The van der Waals surface area contributed by atoms with Crippen molar-refractivity contribution in [3.8, 4) is 0 Å². The minimum atomic E-state index is -0.391. The van der Waals surface area contributed by atoms with E-state index in [4.69, 9.17) is 4.74 Å². The van der Waals surface area contributed by atoms with Gasteiger partial charge in [-0.15, -0.1) is 22.7 Å². The normalized spacial score (nSPS) is 10.6. The molecule has 22 heavy (non-hydrogen) atoms. The molecule has 2 aromatic rings. The summed E-state index contributed by atoms with van der Waals surface area (Å²) in [7, 11) is 0.